The van der Waals surface area contributed by atoms with Crippen molar-refractivity contribution in [3.8, 4) is 39.8 Å². The normalized spacial score (nSPS) is 10.5. The molecule has 0 aliphatic carbocycles. The lowest BCUT2D eigenvalue weighted by Crippen LogP contribution is -1.92. The number of hydrogen-bond donors (Lipinski definition) is 0. The van der Waals surface area contributed by atoms with Crippen LogP contribution >= 0.6 is 15.9 Å². The third-order valence-electron chi connectivity index (χ3n) is 3.62. The molecule has 0 bridgehead atoms. The highest BCUT2D eigenvalue weighted by atomic mass is 79.9. The summed E-state index contributed by atoms with van der Waals surface area (Å²) >= 11 is 3.46. The summed E-state index contributed by atoms with van der Waals surface area (Å²) in [4.78, 5) is 0. The molecule has 0 saturated carbocycles. The molecule has 1 heterocycles. The number of hydrogen-bond acceptors (Lipinski definition) is 5. The van der Waals surface area contributed by atoms with E-state index in [2.05, 4.69) is 21.1 Å². The first-order valence-corrected chi connectivity index (χ1v) is 7.99. The summed E-state index contributed by atoms with van der Waals surface area (Å²) in [5, 5.41) is 4.18. The number of rotatable bonds is 5. The van der Waals surface area contributed by atoms with E-state index in [4.69, 9.17) is 18.7 Å². The minimum Gasteiger partial charge on any atom is -0.496 e. The van der Waals surface area contributed by atoms with Crippen LogP contribution in [0.4, 0.5) is 0 Å². The highest BCUT2D eigenvalue weighted by Gasteiger charge is 2.19. The van der Waals surface area contributed by atoms with Crippen LogP contribution in [-0.2, 0) is 0 Å². The monoisotopic (exact) mass is 389 g/mol. The summed E-state index contributed by atoms with van der Waals surface area (Å²) in [5.74, 6) is 2.62. The van der Waals surface area contributed by atoms with Gasteiger partial charge in [0.15, 0.2) is 5.76 Å². The van der Waals surface area contributed by atoms with Gasteiger partial charge in [-0.1, -0.05) is 27.2 Å². The maximum Gasteiger partial charge on any atom is 0.171 e. The van der Waals surface area contributed by atoms with Gasteiger partial charge in [-0.25, -0.2) is 0 Å². The number of nitrogens with zero attached hydrogens (tertiary/aromatic N) is 1. The Bertz CT molecular complexity index is 838. The van der Waals surface area contributed by atoms with E-state index < -0.39 is 0 Å². The molecule has 3 rings (SSSR count). The second-order valence-electron chi connectivity index (χ2n) is 4.96. The maximum atomic E-state index is 5.54. The second-order valence-corrected chi connectivity index (χ2v) is 5.87. The van der Waals surface area contributed by atoms with Crippen molar-refractivity contribution >= 4 is 15.9 Å². The lowest BCUT2D eigenvalue weighted by atomic mass is 10.1. The van der Waals surface area contributed by atoms with Crippen molar-refractivity contribution in [3.63, 3.8) is 0 Å². The summed E-state index contributed by atoms with van der Waals surface area (Å²) < 4.78 is 22.7. The topological polar surface area (TPSA) is 53.7 Å². The van der Waals surface area contributed by atoms with Gasteiger partial charge in [0.1, 0.15) is 22.9 Å². The van der Waals surface area contributed by atoms with Crippen LogP contribution in [-0.4, -0.2) is 26.5 Å². The number of methoxy groups -OCH3 is 3. The van der Waals surface area contributed by atoms with E-state index in [0.29, 0.717) is 28.7 Å². The van der Waals surface area contributed by atoms with Crippen LogP contribution < -0.4 is 14.2 Å². The zero-order valence-corrected chi connectivity index (χ0v) is 15.1. The lowest BCUT2D eigenvalue weighted by molar-refractivity contribution is 0.393. The van der Waals surface area contributed by atoms with Crippen molar-refractivity contribution in [2.24, 2.45) is 0 Å². The summed E-state index contributed by atoms with van der Waals surface area (Å²) in [5.41, 5.74) is 2.17. The Morgan fingerprint density at radius 1 is 0.875 bits per heavy atom. The zero-order valence-electron chi connectivity index (χ0n) is 13.5. The molecule has 0 unspecified atom stereocenters. The molecular weight excluding hydrogens is 374 g/mol. The molecule has 0 atom stereocenters. The predicted octanol–water partition coefficient (Wildman–Crippen LogP) is 4.80. The molecule has 0 amide bonds. The molecule has 0 aliphatic heterocycles. The fourth-order valence-electron chi connectivity index (χ4n) is 2.50. The maximum absolute atomic E-state index is 5.54. The van der Waals surface area contributed by atoms with Crippen LogP contribution in [0.1, 0.15) is 0 Å². The van der Waals surface area contributed by atoms with E-state index in [9.17, 15) is 0 Å². The highest BCUT2D eigenvalue weighted by molar-refractivity contribution is 9.10. The van der Waals surface area contributed by atoms with Crippen molar-refractivity contribution in [2.75, 3.05) is 21.3 Å². The first-order valence-electron chi connectivity index (χ1n) is 7.20. The van der Waals surface area contributed by atoms with Crippen LogP contribution in [0.25, 0.3) is 22.6 Å². The number of aromatic nitrogens is 1. The Kier molecular flexibility index (Phi) is 4.76. The van der Waals surface area contributed by atoms with Crippen LogP contribution in [0.5, 0.6) is 17.2 Å². The summed E-state index contributed by atoms with van der Waals surface area (Å²) in [7, 11) is 4.83. The Morgan fingerprint density at radius 2 is 1.54 bits per heavy atom. The van der Waals surface area contributed by atoms with Crippen LogP contribution in [0, 0.1) is 0 Å². The second kappa shape index (κ2) is 6.97. The summed E-state index contributed by atoms with van der Waals surface area (Å²) in [6.45, 7) is 0. The predicted molar refractivity (Wildman–Crippen MR) is 94.7 cm³/mol. The smallest absolute Gasteiger partial charge is 0.171 e. The van der Waals surface area contributed by atoms with E-state index in [1.54, 1.807) is 21.3 Å². The third-order valence-corrected chi connectivity index (χ3v) is 4.11. The molecular formula is C18H16BrNO4. The Labute approximate surface area is 148 Å². The van der Waals surface area contributed by atoms with Gasteiger partial charge in [0.05, 0.1) is 32.5 Å². The van der Waals surface area contributed by atoms with Gasteiger partial charge in [-0.15, -0.1) is 0 Å². The number of halogens is 1. The van der Waals surface area contributed by atoms with Gasteiger partial charge >= 0.3 is 0 Å². The van der Waals surface area contributed by atoms with Crippen LogP contribution in [0.2, 0.25) is 0 Å². The molecule has 2 aromatic carbocycles. The minimum absolute atomic E-state index is 0.594. The molecule has 0 fully saturated rings. The van der Waals surface area contributed by atoms with Crippen molar-refractivity contribution in [1.82, 2.24) is 5.16 Å². The molecule has 0 saturated heterocycles. The molecule has 0 radical (unpaired) electrons. The molecule has 0 aliphatic rings. The Morgan fingerprint density at radius 3 is 2.17 bits per heavy atom. The van der Waals surface area contributed by atoms with Gasteiger partial charge in [0, 0.05) is 10.5 Å². The standard InChI is InChI=1S/C18H16BrNO4/c1-21-14-8-7-11(19)9-12(14)17-10-13(20-24-17)18-15(22-2)5-4-6-16(18)23-3/h4-10H,1-3H3. The summed E-state index contributed by atoms with van der Waals surface area (Å²) in [6, 6.07) is 13.1. The number of ether oxygens (including phenoxy) is 3. The number of benzene rings is 2. The van der Waals surface area contributed by atoms with Gasteiger partial charge in [-0.3, -0.25) is 0 Å². The largest absolute Gasteiger partial charge is 0.496 e. The molecule has 0 spiro atoms. The van der Waals surface area contributed by atoms with E-state index in [1.807, 2.05) is 42.5 Å². The van der Waals surface area contributed by atoms with Crippen molar-refractivity contribution in [3.05, 3.63) is 46.9 Å². The lowest BCUT2D eigenvalue weighted by Gasteiger charge is -2.10. The molecule has 1 aromatic heterocycles. The molecule has 6 heteroatoms. The summed E-state index contributed by atoms with van der Waals surface area (Å²) in [6.07, 6.45) is 0. The van der Waals surface area contributed by atoms with Crippen molar-refractivity contribution in [1.29, 1.82) is 0 Å². The van der Waals surface area contributed by atoms with Crippen molar-refractivity contribution in [2.45, 2.75) is 0 Å². The van der Waals surface area contributed by atoms with Gasteiger partial charge in [-0.05, 0) is 30.3 Å². The van der Waals surface area contributed by atoms with Gasteiger partial charge in [0.2, 0.25) is 0 Å². The highest BCUT2D eigenvalue weighted by Crippen LogP contribution is 2.40. The Balaban J connectivity index is 2.12. The van der Waals surface area contributed by atoms with E-state index in [0.717, 1.165) is 15.6 Å². The minimum atomic E-state index is 0.594. The molecule has 24 heavy (non-hydrogen) atoms. The first-order chi connectivity index (χ1) is 11.7. The first kappa shape index (κ1) is 16.4. The third kappa shape index (κ3) is 2.97. The van der Waals surface area contributed by atoms with Crippen molar-refractivity contribution < 1.29 is 18.7 Å². The quantitative estimate of drug-likeness (QED) is 0.627. The fourth-order valence-corrected chi connectivity index (χ4v) is 2.86. The average Bonchev–Trinajstić information content (AvgIpc) is 3.10. The van der Waals surface area contributed by atoms with E-state index in [1.165, 1.54) is 0 Å². The molecule has 0 N–H and O–H groups in total. The van der Waals surface area contributed by atoms with Crippen LogP contribution in [0.15, 0.2) is 51.5 Å². The fraction of sp³-hybridized carbons (Fsp3) is 0.167. The molecule has 124 valence electrons. The average molecular weight is 390 g/mol. The molecule has 5 nitrogen and oxygen atoms in total. The van der Waals surface area contributed by atoms with E-state index >= 15 is 0 Å². The van der Waals surface area contributed by atoms with Gasteiger partial charge < -0.3 is 18.7 Å². The molecule has 3 aromatic rings. The van der Waals surface area contributed by atoms with Crippen LogP contribution in [0.3, 0.4) is 0 Å². The van der Waals surface area contributed by atoms with Gasteiger partial charge in [-0.2, -0.15) is 0 Å². The Hall–Kier alpha value is -2.47. The zero-order chi connectivity index (χ0) is 17.1. The van der Waals surface area contributed by atoms with Gasteiger partial charge in [0.25, 0.3) is 0 Å². The van der Waals surface area contributed by atoms with E-state index in [-0.39, 0.29) is 0 Å². The SMILES string of the molecule is COc1ccc(Br)cc1-c1cc(-c2c(OC)cccc2OC)no1.